The number of nitrogens with one attached hydrogen (secondary N) is 2. The van der Waals surface area contributed by atoms with Crippen molar-refractivity contribution >= 4 is 28.9 Å². The van der Waals surface area contributed by atoms with Crippen molar-refractivity contribution in [2.45, 2.75) is 19.0 Å². The number of benzene rings is 3. The van der Waals surface area contributed by atoms with E-state index in [1.807, 2.05) is 18.2 Å². The van der Waals surface area contributed by atoms with E-state index < -0.39 is 17.6 Å². The van der Waals surface area contributed by atoms with E-state index in [2.05, 4.69) is 10.6 Å². The lowest BCUT2D eigenvalue weighted by Crippen LogP contribution is -2.14. The maximum absolute atomic E-state index is 12.8. The minimum atomic E-state index is -4.49. The van der Waals surface area contributed by atoms with Crippen LogP contribution in [-0.2, 0) is 17.4 Å². The largest absolute Gasteiger partial charge is 0.416 e. The highest BCUT2D eigenvalue weighted by atomic mass is 19.4. The molecular weight excluding hydrogens is 407 g/mol. The first kappa shape index (κ1) is 21.9. The van der Waals surface area contributed by atoms with Crippen molar-refractivity contribution in [1.82, 2.24) is 0 Å². The maximum atomic E-state index is 12.8. The summed E-state index contributed by atoms with van der Waals surface area (Å²) in [6.45, 7) is 0. The highest BCUT2D eigenvalue weighted by Crippen LogP contribution is 2.30. The van der Waals surface area contributed by atoms with Crippen molar-refractivity contribution in [2.75, 3.05) is 16.4 Å². The summed E-state index contributed by atoms with van der Waals surface area (Å²) >= 11 is 0. The molecule has 0 aliphatic carbocycles. The number of carbonyl (C=O) groups excluding carboxylic acids is 2. The Hall–Kier alpha value is -3.81. The molecule has 3 rings (SSSR count). The van der Waals surface area contributed by atoms with Crippen LogP contribution in [0.3, 0.4) is 0 Å². The van der Waals surface area contributed by atoms with Crippen LogP contribution in [0.2, 0.25) is 0 Å². The first-order valence-corrected chi connectivity index (χ1v) is 9.44. The molecule has 31 heavy (non-hydrogen) atoms. The van der Waals surface area contributed by atoms with Gasteiger partial charge in [-0.1, -0.05) is 18.2 Å². The Labute approximate surface area is 177 Å². The summed E-state index contributed by atoms with van der Waals surface area (Å²) in [7, 11) is 0. The molecule has 0 aliphatic rings. The monoisotopic (exact) mass is 427 g/mol. The SMILES string of the molecule is Nc1cccc(CCC(=O)Nc2ccc(C(=O)Nc3cccc(C(F)(F)F)c3)cc2)c1. The third-order valence-corrected chi connectivity index (χ3v) is 4.47. The Bertz CT molecular complexity index is 1080. The van der Waals surface area contributed by atoms with Gasteiger partial charge in [-0.2, -0.15) is 13.2 Å². The molecule has 4 N–H and O–H groups in total. The molecule has 3 aromatic rings. The molecule has 160 valence electrons. The Morgan fingerprint density at radius 2 is 1.55 bits per heavy atom. The molecule has 0 heterocycles. The van der Waals surface area contributed by atoms with Crippen molar-refractivity contribution in [1.29, 1.82) is 0 Å². The van der Waals surface area contributed by atoms with Gasteiger partial charge in [0.05, 0.1) is 5.56 Å². The number of hydrogen-bond acceptors (Lipinski definition) is 3. The highest BCUT2D eigenvalue weighted by Gasteiger charge is 2.30. The lowest BCUT2D eigenvalue weighted by molar-refractivity contribution is -0.137. The first-order valence-electron chi connectivity index (χ1n) is 9.44. The van der Waals surface area contributed by atoms with Gasteiger partial charge in [-0.15, -0.1) is 0 Å². The second-order valence-corrected chi connectivity index (χ2v) is 6.90. The van der Waals surface area contributed by atoms with E-state index in [9.17, 15) is 22.8 Å². The second-order valence-electron chi connectivity index (χ2n) is 6.90. The van der Waals surface area contributed by atoms with E-state index in [1.165, 1.54) is 24.3 Å². The lowest BCUT2D eigenvalue weighted by atomic mass is 10.1. The second kappa shape index (κ2) is 9.34. The summed E-state index contributed by atoms with van der Waals surface area (Å²) < 4.78 is 38.4. The molecule has 0 fully saturated rings. The molecule has 8 heteroatoms. The molecule has 0 spiro atoms. The average molecular weight is 427 g/mol. The van der Waals surface area contributed by atoms with E-state index >= 15 is 0 Å². The van der Waals surface area contributed by atoms with Crippen molar-refractivity contribution in [2.24, 2.45) is 0 Å². The number of nitrogen functional groups attached to an aromatic ring is 1. The van der Waals surface area contributed by atoms with Crippen LogP contribution in [0.5, 0.6) is 0 Å². The first-order chi connectivity index (χ1) is 14.7. The minimum absolute atomic E-state index is 0.0405. The van der Waals surface area contributed by atoms with Gasteiger partial charge in [0.15, 0.2) is 0 Å². The highest BCUT2D eigenvalue weighted by molar-refractivity contribution is 6.04. The Morgan fingerprint density at radius 1 is 0.839 bits per heavy atom. The Balaban J connectivity index is 1.55. The molecule has 0 atom stereocenters. The van der Waals surface area contributed by atoms with Crippen molar-refractivity contribution in [3.05, 3.63) is 89.5 Å². The number of anilines is 3. The van der Waals surface area contributed by atoms with Gasteiger partial charge in [-0.3, -0.25) is 9.59 Å². The fourth-order valence-corrected chi connectivity index (χ4v) is 2.91. The van der Waals surface area contributed by atoms with Crippen molar-refractivity contribution in [3.8, 4) is 0 Å². The zero-order valence-corrected chi connectivity index (χ0v) is 16.4. The number of halogens is 3. The average Bonchev–Trinajstić information content (AvgIpc) is 2.72. The quantitative estimate of drug-likeness (QED) is 0.478. The molecule has 0 aromatic heterocycles. The van der Waals surface area contributed by atoms with Crippen LogP contribution >= 0.6 is 0 Å². The third kappa shape index (κ3) is 6.33. The third-order valence-electron chi connectivity index (χ3n) is 4.47. The summed E-state index contributed by atoms with van der Waals surface area (Å²) in [4.78, 5) is 24.4. The van der Waals surface area contributed by atoms with E-state index in [0.717, 1.165) is 17.7 Å². The number of nitrogens with two attached hydrogens (primary N) is 1. The molecule has 5 nitrogen and oxygen atoms in total. The van der Waals surface area contributed by atoms with Crippen LogP contribution in [-0.4, -0.2) is 11.8 Å². The minimum Gasteiger partial charge on any atom is -0.399 e. The maximum Gasteiger partial charge on any atom is 0.416 e. The topological polar surface area (TPSA) is 84.2 Å². The number of alkyl halides is 3. The van der Waals surface area contributed by atoms with Gasteiger partial charge in [0.25, 0.3) is 5.91 Å². The zero-order chi connectivity index (χ0) is 22.4. The summed E-state index contributed by atoms with van der Waals surface area (Å²) in [5.41, 5.74) is 7.26. The van der Waals surface area contributed by atoms with E-state index in [4.69, 9.17) is 5.73 Å². The number of rotatable bonds is 6. The molecular formula is C23H20F3N3O2. The van der Waals surface area contributed by atoms with Crippen LogP contribution in [0.15, 0.2) is 72.8 Å². The molecule has 0 aliphatic heterocycles. The molecule has 0 bridgehead atoms. The van der Waals surface area contributed by atoms with Gasteiger partial charge in [-0.05, 0) is 66.6 Å². The predicted molar refractivity (Wildman–Crippen MR) is 114 cm³/mol. The predicted octanol–water partition coefficient (Wildman–Crippen LogP) is 5.11. The van der Waals surface area contributed by atoms with Gasteiger partial charge >= 0.3 is 6.18 Å². The van der Waals surface area contributed by atoms with E-state index in [0.29, 0.717) is 17.8 Å². The lowest BCUT2D eigenvalue weighted by Gasteiger charge is -2.10. The number of hydrogen-bond donors (Lipinski definition) is 3. The molecule has 3 aromatic carbocycles. The fourth-order valence-electron chi connectivity index (χ4n) is 2.91. The molecule has 0 radical (unpaired) electrons. The number of carbonyl (C=O) groups is 2. The summed E-state index contributed by atoms with van der Waals surface area (Å²) in [5.74, 6) is -0.748. The van der Waals surface area contributed by atoms with Gasteiger partial charge in [0.2, 0.25) is 5.91 Å². The molecule has 0 saturated carbocycles. The Kier molecular flexibility index (Phi) is 6.59. The van der Waals surface area contributed by atoms with Crippen molar-refractivity contribution < 1.29 is 22.8 Å². The number of aryl methyl sites for hydroxylation is 1. The van der Waals surface area contributed by atoms with Gasteiger partial charge in [0, 0.05) is 29.0 Å². The zero-order valence-electron chi connectivity index (χ0n) is 16.4. The van der Waals surface area contributed by atoms with Crippen LogP contribution < -0.4 is 16.4 Å². The fraction of sp³-hybridized carbons (Fsp3) is 0.130. The van der Waals surface area contributed by atoms with E-state index in [1.54, 1.807) is 18.2 Å². The molecule has 0 unspecified atom stereocenters. The van der Waals surface area contributed by atoms with Crippen LogP contribution in [0.25, 0.3) is 0 Å². The van der Waals surface area contributed by atoms with E-state index in [-0.39, 0.29) is 23.6 Å². The summed E-state index contributed by atoms with van der Waals surface area (Å²) in [6, 6.07) is 17.8. The standard InChI is InChI=1S/C23H20F3N3O2/c24-23(25,26)17-4-2-6-20(14-17)29-22(31)16-8-10-19(11-9-16)28-21(30)12-7-15-3-1-5-18(27)13-15/h1-6,8-11,13-14H,7,12,27H2,(H,28,30)(H,29,31). The van der Waals surface area contributed by atoms with Gasteiger partial charge in [0.1, 0.15) is 0 Å². The Morgan fingerprint density at radius 3 is 2.23 bits per heavy atom. The summed E-state index contributed by atoms with van der Waals surface area (Å²) in [6.07, 6.45) is -3.69. The van der Waals surface area contributed by atoms with Crippen molar-refractivity contribution in [3.63, 3.8) is 0 Å². The molecule has 2 amide bonds. The smallest absolute Gasteiger partial charge is 0.399 e. The van der Waals surface area contributed by atoms with Crippen LogP contribution in [0.1, 0.15) is 27.9 Å². The number of amides is 2. The van der Waals surface area contributed by atoms with Crippen LogP contribution in [0, 0.1) is 0 Å². The van der Waals surface area contributed by atoms with Gasteiger partial charge < -0.3 is 16.4 Å². The van der Waals surface area contributed by atoms with Crippen LogP contribution in [0.4, 0.5) is 30.2 Å². The molecule has 0 saturated heterocycles. The summed E-state index contributed by atoms with van der Waals surface area (Å²) in [5, 5.41) is 5.18. The normalized spacial score (nSPS) is 11.1. The van der Waals surface area contributed by atoms with Gasteiger partial charge in [-0.25, -0.2) is 0 Å².